The van der Waals surface area contributed by atoms with Crippen LogP contribution in [-0.4, -0.2) is 25.0 Å². The minimum absolute atomic E-state index is 0.0454. The average molecular weight is 278 g/mol. The van der Waals surface area contributed by atoms with Crippen LogP contribution in [0.2, 0.25) is 0 Å². The second-order valence-electron chi connectivity index (χ2n) is 4.79. The minimum atomic E-state index is -0.830. The van der Waals surface area contributed by atoms with E-state index in [4.69, 9.17) is 10.5 Å². The highest BCUT2D eigenvalue weighted by molar-refractivity contribution is 5.88. The zero-order valence-electron chi connectivity index (χ0n) is 12.1. The molecule has 1 amide bonds. The zero-order valence-corrected chi connectivity index (χ0v) is 12.1. The normalized spacial score (nSPS) is 15.0. The van der Waals surface area contributed by atoms with Crippen molar-refractivity contribution < 1.29 is 14.3 Å². The molecule has 0 saturated carbocycles. The van der Waals surface area contributed by atoms with Gasteiger partial charge in [0.1, 0.15) is 0 Å². The van der Waals surface area contributed by atoms with E-state index in [1.165, 1.54) is 7.11 Å². The van der Waals surface area contributed by atoms with E-state index >= 15 is 0 Å². The first-order valence-electron chi connectivity index (χ1n) is 6.70. The summed E-state index contributed by atoms with van der Waals surface area (Å²) < 4.78 is 4.74. The number of nitrogens with two attached hydrogens (primary N) is 1. The lowest BCUT2D eigenvalue weighted by atomic mass is 9.98. The largest absolute Gasteiger partial charge is 0.467 e. The Balaban J connectivity index is 2.87. The Morgan fingerprint density at radius 3 is 2.40 bits per heavy atom. The molecule has 1 unspecified atom stereocenters. The maximum atomic E-state index is 12.1. The number of hydrogen-bond acceptors (Lipinski definition) is 4. The molecule has 0 bridgehead atoms. The third-order valence-corrected chi connectivity index (χ3v) is 3.42. The third kappa shape index (κ3) is 4.06. The number of carbonyl (C=O) groups is 2. The van der Waals surface area contributed by atoms with E-state index in [9.17, 15) is 9.59 Å². The van der Waals surface area contributed by atoms with Gasteiger partial charge in [-0.25, -0.2) is 4.79 Å². The van der Waals surface area contributed by atoms with Gasteiger partial charge < -0.3 is 15.8 Å². The van der Waals surface area contributed by atoms with Crippen molar-refractivity contribution in [1.29, 1.82) is 0 Å². The van der Waals surface area contributed by atoms with Gasteiger partial charge in [-0.2, -0.15) is 0 Å². The Hall–Kier alpha value is -1.88. The van der Waals surface area contributed by atoms with Gasteiger partial charge >= 0.3 is 5.97 Å². The molecule has 20 heavy (non-hydrogen) atoms. The van der Waals surface area contributed by atoms with Crippen LogP contribution in [0.15, 0.2) is 30.3 Å². The zero-order chi connectivity index (χ0) is 15.1. The lowest BCUT2D eigenvalue weighted by Crippen LogP contribution is -2.47. The number of rotatable bonds is 6. The van der Waals surface area contributed by atoms with Gasteiger partial charge in [0.2, 0.25) is 5.91 Å². The Morgan fingerprint density at radius 2 is 1.90 bits per heavy atom. The third-order valence-electron chi connectivity index (χ3n) is 3.42. The molecule has 0 aliphatic heterocycles. The number of amides is 1. The fourth-order valence-corrected chi connectivity index (χ4v) is 1.79. The van der Waals surface area contributed by atoms with Crippen LogP contribution in [0.3, 0.4) is 0 Å². The number of ether oxygens (including phenoxy) is 1. The standard InChI is InChI=1S/C15H22N2O3/c1-4-10(2)12(16)14(18)17-13(15(19)20-3)11-8-6-5-7-9-11/h5-10,12-13H,4,16H2,1-3H3,(H,17,18)/t10-,12-,13?/m0/s1. The van der Waals surface area contributed by atoms with Gasteiger partial charge in [0, 0.05) is 0 Å². The van der Waals surface area contributed by atoms with E-state index in [0.717, 1.165) is 6.42 Å². The van der Waals surface area contributed by atoms with Crippen molar-refractivity contribution in [3.8, 4) is 0 Å². The molecule has 110 valence electrons. The summed E-state index contributed by atoms with van der Waals surface area (Å²) in [6, 6.07) is 7.48. The summed E-state index contributed by atoms with van der Waals surface area (Å²) in [6.07, 6.45) is 0.794. The maximum Gasteiger partial charge on any atom is 0.333 e. The number of nitrogens with one attached hydrogen (secondary N) is 1. The summed E-state index contributed by atoms with van der Waals surface area (Å²) in [5, 5.41) is 2.66. The van der Waals surface area contributed by atoms with Crippen molar-refractivity contribution in [2.75, 3.05) is 7.11 Å². The number of carbonyl (C=O) groups excluding carboxylic acids is 2. The predicted octanol–water partition coefficient (Wildman–Crippen LogP) is 1.39. The van der Waals surface area contributed by atoms with Gasteiger partial charge in [-0.15, -0.1) is 0 Å². The highest BCUT2D eigenvalue weighted by Gasteiger charge is 2.27. The molecule has 0 aromatic heterocycles. The van der Waals surface area contributed by atoms with Crippen molar-refractivity contribution >= 4 is 11.9 Å². The summed E-state index contributed by atoms with van der Waals surface area (Å²) >= 11 is 0. The quantitative estimate of drug-likeness (QED) is 0.770. The fourth-order valence-electron chi connectivity index (χ4n) is 1.79. The Kier molecular flexibility index (Phi) is 6.18. The molecule has 0 saturated heterocycles. The van der Waals surface area contributed by atoms with E-state index in [-0.39, 0.29) is 11.8 Å². The summed E-state index contributed by atoms with van der Waals surface area (Å²) in [7, 11) is 1.29. The molecular formula is C15H22N2O3. The molecule has 0 radical (unpaired) electrons. The molecule has 1 rings (SSSR count). The molecule has 0 aliphatic carbocycles. The van der Waals surface area contributed by atoms with E-state index < -0.39 is 18.1 Å². The highest BCUT2D eigenvalue weighted by Crippen LogP contribution is 2.15. The molecule has 1 aromatic rings. The summed E-state index contributed by atoms with van der Waals surface area (Å²) in [6.45, 7) is 3.87. The molecule has 3 N–H and O–H groups in total. The first-order chi connectivity index (χ1) is 9.51. The molecular weight excluding hydrogens is 256 g/mol. The molecule has 0 spiro atoms. The van der Waals surface area contributed by atoms with Crippen LogP contribution in [-0.2, 0) is 14.3 Å². The monoisotopic (exact) mass is 278 g/mol. The maximum absolute atomic E-state index is 12.1. The topological polar surface area (TPSA) is 81.4 Å². The molecule has 0 heterocycles. The van der Waals surface area contributed by atoms with Gasteiger partial charge in [-0.1, -0.05) is 50.6 Å². The molecule has 5 nitrogen and oxygen atoms in total. The van der Waals surface area contributed by atoms with Crippen LogP contribution >= 0.6 is 0 Å². The van der Waals surface area contributed by atoms with Crippen LogP contribution in [0.25, 0.3) is 0 Å². The van der Waals surface area contributed by atoms with Crippen molar-refractivity contribution in [1.82, 2.24) is 5.32 Å². The first-order valence-corrected chi connectivity index (χ1v) is 6.70. The van der Waals surface area contributed by atoms with Crippen LogP contribution in [0.4, 0.5) is 0 Å². The summed E-state index contributed by atoms with van der Waals surface area (Å²) in [5.41, 5.74) is 6.55. The second-order valence-corrected chi connectivity index (χ2v) is 4.79. The van der Waals surface area contributed by atoms with Crippen LogP contribution in [0.1, 0.15) is 31.9 Å². The number of methoxy groups -OCH3 is 1. The smallest absolute Gasteiger partial charge is 0.333 e. The van der Waals surface area contributed by atoms with Crippen LogP contribution in [0, 0.1) is 5.92 Å². The van der Waals surface area contributed by atoms with Gasteiger partial charge in [0.15, 0.2) is 6.04 Å². The lowest BCUT2D eigenvalue weighted by Gasteiger charge is -2.22. The van der Waals surface area contributed by atoms with E-state index in [1.54, 1.807) is 24.3 Å². The van der Waals surface area contributed by atoms with Crippen LogP contribution < -0.4 is 11.1 Å². The van der Waals surface area contributed by atoms with Gasteiger partial charge in [0.05, 0.1) is 13.2 Å². The summed E-state index contributed by atoms with van der Waals surface area (Å²) in [4.78, 5) is 23.9. The van der Waals surface area contributed by atoms with Crippen molar-refractivity contribution in [2.45, 2.75) is 32.4 Å². The molecule has 1 aromatic carbocycles. The Morgan fingerprint density at radius 1 is 1.30 bits per heavy atom. The number of esters is 1. The molecule has 5 heteroatoms. The van der Waals surface area contributed by atoms with Crippen molar-refractivity contribution in [3.05, 3.63) is 35.9 Å². The van der Waals surface area contributed by atoms with Gasteiger partial charge in [0.25, 0.3) is 0 Å². The number of hydrogen-bond donors (Lipinski definition) is 2. The second kappa shape index (κ2) is 7.65. The SMILES string of the molecule is CC[C@H](C)[C@H](N)C(=O)NC(C(=O)OC)c1ccccc1. The van der Waals surface area contributed by atoms with E-state index in [0.29, 0.717) is 5.56 Å². The predicted molar refractivity (Wildman–Crippen MR) is 76.8 cm³/mol. The first kappa shape index (κ1) is 16.2. The van der Waals surface area contributed by atoms with Crippen LogP contribution in [0.5, 0.6) is 0 Å². The lowest BCUT2D eigenvalue weighted by molar-refractivity contribution is -0.145. The molecule has 3 atom stereocenters. The van der Waals surface area contributed by atoms with Crippen molar-refractivity contribution in [2.24, 2.45) is 11.7 Å². The van der Waals surface area contributed by atoms with E-state index in [2.05, 4.69) is 5.32 Å². The minimum Gasteiger partial charge on any atom is -0.467 e. The summed E-state index contributed by atoms with van der Waals surface area (Å²) in [5.74, 6) is -0.816. The molecule has 0 fully saturated rings. The van der Waals surface area contributed by atoms with Crippen molar-refractivity contribution in [3.63, 3.8) is 0 Å². The van der Waals surface area contributed by atoms with Gasteiger partial charge in [-0.05, 0) is 11.5 Å². The average Bonchev–Trinajstić information content (AvgIpc) is 2.50. The molecule has 0 aliphatic rings. The number of benzene rings is 1. The fraction of sp³-hybridized carbons (Fsp3) is 0.467. The van der Waals surface area contributed by atoms with Gasteiger partial charge in [-0.3, -0.25) is 4.79 Å². The Bertz CT molecular complexity index is 448. The Labute approximate surface area is 119 Å². The highest BCUT2D eigenvalue weighted by atomic mass is 16.5. The van der Waals surface area contributed by atoms with E-state index in [1.807, 2.05) is 19.9 Å².